The molecule has 0 N–H and O–H groups in total. The molecule has 17 heavy (non-hydrogen) atoms. The summed E-state index contributed by atoms with van der Waals surface area (Å²) in [6.07, 6.45) is 0. The Kier molecular flexibility index (Phi) is 3.24. The van der Waals surface area contributed by atoms with Crippen LogP contribution in [0.5, 0.6) is 0 Å². The van der Waals surface area contributed by atoms with Crippen LogP contribution in [0.2, 0.25) is 0 Å². The summed E-state index contributed by atoms with van der Waals surface area (Å²) in [6, 6.07) is 11.7. The van der Waals surface area contributed by atoms with Gasteiger partial charge in [0.25, 0.3) is 0 Å². The van der Waals surface area contributed by atoms with Crippen LogP contribution in [-0.2, 0) is 4.83 Å². The van der Waals surface area contributed by atoms with Crippen molar-refractivity contribution in [2.24, 2.45) is 0 Å². The van der Waals surface area contributed by atoms with Crippen LogP contribution in [0, 0.1) is 5.82 Å². The molecular formula is C13H8BrF3. The van der Waals surface area contributed by atoms with Gasteiger partial charge in [-0.15, -0.1) is 0 Å². The minimum atomic E-state index is -3.05. The first kappa shape index (κ1) is 12.2. The van der Waals surface area contributed by atoms with Crippen molar-refractivity contribution in [1.82, 2.24) is 0 Å². The molecule has 4 heteroatoms. The normalized spacial score (nSPS) is 11.5. The van der Waals surface area contributed by atoms with E-state index in [1.165, 1.54) is 30.3 Å². The highest BCUT2D eigenvalue weighted by molar-refractivity contribution is 9.09. The standard InChI is InChI=1S/C13H8BrF3/c14-13(16,17)10-7-5-9(6-8-10)11-3-1-2-4-12(11)15/h1-8H. The summed E-state index contributed by atoms with van der Waals surface area (Å²) in [5.74, 6) is -0.370. The highest BCUT2D eigenvalue weighted by Crippen LogP contribution is 2.35. The Morgan fingerprint density at radius 2 is 1.47 bits per heavy atom. The Morgan fingerprint density at radius 1 is 0.882 bits per heavy atom. The molecule has 0 atom stereocenters. The third-order valence-corrected chi connectivity index (χ3v) is 2.85. The number of hydrogen-bond donors (Lipinski definition) is 0. The molecule has 0 nitrogen and oxygen atoms in total. The molecule has 0 spiro atoms. The molecule has 0 aliphatic rings. The summed E-state index contributed by atoms with van der Waals surface area (Å²) in [6.45, 7) is 0. The molecule has 0 aliphatic heterocycles. The Bertz CT molecular complexity index is 515. The zero-order valence-electron chi connectivity index (χ0n) is 8.63. The average molecular weight is 301 g/mol. The Labute approximate surface area is 105 Å². The second kappa shape index (κ2) is 4.53. The fraction of sp³-hybridized carbons (Fsp3) is 0.0769. The predicted molar refractivity (Wildman–Crippen MR) is 64.7 cm³/mol. The zero-order chi connectivity index (χ0) is 12.5. The molecule has 0 bridgehead atoms. The van der Waals surface area contributed by atoms with Gasteiger partial charge in [0.15, 0.2) is 0 Å². The molecule has 0 saturated heterocycles. The van der Waals surface area contributed by atoms with Gasteiger partial charge in [-0.1, -0.05) is 42.5 Å². The molecule has 0 heterocycles. The number of hydrogen-bond acceptors (Lipinski definition) is 0. The molecule has 0 unspecified atom stereocenters. The summed E-state index contributed by atoms with van der Waals surface area (Å²) in [5.41, 5.74) is 0.818. The first-order chi connectivity index (χ1) is 7.98. The smallest absolute Gasteiger partial charge is 0.206 e. The van der Waals surface area contributed by atoms with E-state index in [0.717, 1.165) is 0 Å². The van der Waals surface area contributed by atoms with E-state index in [-0.39, 0.29) is 11.4 Å². The average Bonchev–Trinajstić information content (AvgIpc) is 2.29. The van der Waals surface area contributed by atoms with Crippen molar-refractivity contribution < 1.29 is 13.2 Å². The highest BCUT2D eigenvalue weighted by atomic mass is 79.9. The van der Waals surface area contributed by atoms with E-state index in [1.807, 2.05) is 0 Å². The van der Waals surface area contributed by atoms with Crippen molar-refractivity contribution in [3.8, 4) is 11.1 Å². The van der Waals surface area contributed by atoms with Crippen LogP contribution in [0.15, 0.2) is 48.5 Å². The van der Waals surface area contributed by atoms with Gasteiger partial charge in [-0.05, 0) is 27.6 Å². The van der Waals surface area contributed by atoms with Crippen LogP contribution >= 0.6 is 15.9 Å². The van der Waals surface area contributed by atoms with Gasteiger partial charge in [-0.2, -0.15) is 8.78 Å². The van der Waals surface area contributed by atoms with Crippen molar-refractivity contribution in [3.05, 3.63) is 59.9 Å². The van der Waals surface area contributed by atoms with E-state index in [9.17, 15) is 13.2 Å². The first-order valence-corrected chi connectivity index (χ1v) is 5.70. The van der Waals surface area contributed by atoms with Crippen LogP contribution in [-0.4, -0.2) is 0 Å². The molecule has 88 valence electrons. The van der Waals surface area contributed by atoms with Gasteiger partial charge in [0.1, 0.15) is 5.82 Å². The maximum atomic E-state index is 13.5. The fourth-order valence-electron chi connectivity index (χ4n) is 1.53. The van der Waals surface area contributed by atoms with E-state index >= 15 is 0 Å². The maximum absolute atomic E-state index is 13.5. The molecule has 0 aromatic heterocycles. The van der Waals surface area contributed by atoms with E-state index in [1.54, 1.807) is 18.2 Å². The predicted octanol–water partition coefficient (Wildman–Crippen LogP) is 4.94. The van der Waals surface area contributed by atoms with Gasteiger partial charge >= 0.3 is 4.83 Å². The van der Waals surface area contributed by atoms with Gasteiger partial charge in [0.2, 0.25) is 0 Å². The summed E-state index contributed by atoms with van der Waals surface area (Å²) in [4.78, 5) is -3.05. The molecule has 0 amide bonds. The summed E-state index contributed by atoms with van der Waals surface area (Å²) >= 11 is 2.27. The van der Waals surface area contributed by atoms with Gasteiger partial charge in [0, 0.05) is 11.1 Å². The molecule has 0 saturated carbocycles. The van der Waals surface area contributed by atoms with E-state index in [2.05, 4.69) is 15.9 Å². The van der Waals surface area contributed by atoms with Crippen LogP contribution in [0.4, 0.5) is 13.2 Å². The SMILES string of the molecule is Fc1ccccc1-c1ccc(C(F)(F)Br)cc1. The van der Waals surface area contributed by atoms with Gasteiger partial charge in [-0.25, -0.2) is 4.39 Å². The number of halogens is 4. The van der Waals surface area contributed by atoms with Crippen LogP contribution in [0.1, 0.15) is 5.56 Å². The van der Waals surface area contributed by atoms with Crippen LogP contribution in [0.3, 0.4) is 0 Å². The Balaban J connectivity index is 2.40. The van der Waals surface area contributed by atoms with Crippen molar-refractivity contribution in [1.29, 1.82) is 0 Å². The maximum Gasteiger partial charge on any atom is 0.326 e. The van der Waals surface area contributed by atoms with Crippen LogP contribution < -0.4 is 0 Å². The Morgan fingerprint density at radius 3 is 2.00 bits per heavy atom. The summed E-state index contributed by atoms with van der Waals surface area (Å²) in [7, 11) is 0. The quantitative estimate of drug-likeness (QED) is 0.689. The second-order valence-electron chi connectivity index (χ2n) is 3.55. The third kappa shape index (κ3) is 2.69. The molecule has 2 aromatic carbocycles. The highest BCUT2D eigenvalue weighted by Gasteiger charge is 2.26. The van der Waals surface area contributed by atoms with Gasteiger partial charge in [0.05, 0.1) is 0 Å². The molecular weight excluding hydrogens is 293 g/mol. The largest absolute Gasteiger partial charge is 0.326 e. The minimum Gasteiger partial charge on any atom is -0.206 e. The van der Waals surface area contributed by atoms with Crippen molar-refractivity contribution in [2.75, 3.05) is 0 Å². The topological polar surface area (TPSA) is 0 Å². The monoisotopic (exact) mass is 300 g/mol. The molecule has 0 aliphatic carbocycles. The zero-order valence-corrected chi connectivity index (χ0v) is 10.2. The van der Waals surface area contributed by atoms with Crippen molar-refractivity contribution >= 4 is 15.9 Å². The summed E-state index contributed by atoms with van der Waals surface area (Å²) < 4.78 is 39.3. The lowest BCUT2D eigenvalue weighted by molar-refractivity contribution is 0.114. The lowest BCUT2D eigenvalue weighted by atomic mass is 10.0. The minimum absolute atomic E-state index is 0.155. The van der Waals surface area contributed by atoms with E-state index in [4.69, 9.17) is 0 Å². The van der Waals surface area contributed by atoms with Crippen LogP contribution in [0.25, 0.3) is 11.1 Å². The number of rotatable bonds is 2. The van der Waals surface area contributed by atoms with Crippen molar-refractivity contribution in [3.63, 3.8) is 0 Å². The van der Waals surface area contributed by atoms with E-state index < -0.39 is 4.83 Å². The van der Waals surface area contributed by atoms with Crippen molar-refractivity contribution in [2.45, 2.75) is 4.83 Å². The fourth-order valence-corrected chi connectivity index (χ4v) is 1.80. The van der Waals surface area contributed by atoms with Gasteiger partial charge in [-0.3, -0.25) is 0 Å². The lowest BCUT2D eigenvalue weighted by Crippen LogP contribution is -2.01. The third-order valence-electron chi connectivity index (χ3n) is 2.40. The molecule has 2 aromatic rings. The lowest BCUT2D eigenvalue weighted by Gasteiger charge is -2.09. The summed E-state index contributed by atoms with van der Waals surface area (Å²) in [5, 5.41) is 0. The number of alkyl halides is 3. The second-order valence-corrected chi connectivity index (χ2v) is 4.55. The number of benzene rings is 2. The molecule has 0 fully saturated rings. The van der Waals surface area contributed by atoms with E-state index in [0.29, 0.717) is 11.1 Å². The molecule has 2 rings (SSSR count). The first-order valence-electron chi connectivity index (χ1n) is 4.90. The van der Waals surface area contributed by atoms with Gasteiger partial charge < -0.3 is 0 Å². The Hall–Kier alpha value is -1.29. The molecule has 0 radical (unpaired) electrons.